The molecule has 6 nitrogen and oxygen atoms in total. The zero-order valence-corrected chi connectivity index (χ0v) is 13.7. The fraction of sp³-hybridized carbons (Fsp3) is 0.533. The Morgan fingerprint density at radius 1 is 1.41 bits per heavy atom. The first-order valence-corrected chi connectivity index (χ1v) is 7.60. The standard InChI is InChI=1S/C15H23ClN2O4/c1-3-11(8-19)18-7-10-5-12(16)15(22-9-14(17)20)13(6-10)21-4-2/h5-6,11,18-19H,3-4,7-9H2,1-2H3,(H2,17,20)/t11-/m1/s1. The Labute approximate surface area is 135 Å². The van der Waals surface area contributed by atoms with Crippen molar-refractivity contribution in [3.05, 3.63) is 22.7 Å². The van der Waals surface area contributed by atoms with Crippen LogP contribution in [0.3, 0.4) is 0 Å². The fourth-order valence-corrected chi connectivity index (χ4v) is 2.16. The van der Waals surface area contributed by atoms with Crippen molar-refractivity contribution in [3.63, 3.8) is 0 Å². The maximum atomic E-state index is 10.8. The van der Waals surface area contributed by atoms with E-state index in [0.29, 0.717) is 29.7 Å². The molecule has 22 heavy (non-hydrogen) atoms. The number of halogens is 1. The molecule has 0 aromatic heterocycles. The number of primary amides is 1. The molecule has 7 heteroatoms. The largest absolute Gasteiger partial charge is 0.490 e. The summed E-state index contributed by atoms with van der Waals surface area (Å²) in [6.45, 7) is 4.62. The van der Waals surface area contributed by atoms with E-state index in [1.54, 1.807) is 12.1 Å². The van der Waals surface area contributed by atoms with Crippen molar-refractivity contribution in [3.8, 4) is 11.5 Å². The van der Waals surface area contributed by atoms with Gasteiger partial charge in [-0.25, -0.2) is 0 Å². The van der Waals surface area contributed by atoms with Crippen molar-refractivity contribution in [2.24, 2.45) is 5.73 Å². The second-order valence-corrected chi connectivity index (χ2v) is 5.17. The van der Waals surface area contributed by atoms with Crippen LogP contribution in [0.15, 0.2) is 12.1 Å². The van der Waals surface area contributed by atoms with Crippen LogP contribution < -0.4 is 20.5 Å². The Hall–Kier alpha value is -1.50. The molecule has 0 heterocycles. The normalized spacial score (nSPS) is 12.0. The Morgan fingerprint density at radius 3 is 2.68 bits per heavy atom. The number of aliphatic hydroxyl groups is 1. The zero-order valence-electron chi connectivity index (χ0n) is 12.9. The van der Waals surface area contributed by atoms with E-state index >= 15 is 0 Å². The molecule has 1 amide bonds. The lowest BCUT2D eigenvalue weighted by molar-refractivity contribution is -0.119. The molecule has 0 aliphatic rings. The Balaban J connectivity index is 2.90. The molecule has 0 radical (unpaired) electrons. The molecule has 0 saturated heterocycles. The third-order valence-corrected chi connectivity index (χ3v) is 3.32. The van der Waals surface area contributed by atoms with Gasteiger partial charge in [-0.2, -0.15) is 0 Å². The highest BCUT2D eigenvalue weighted by molar-refractivity contribution is 6.32. The molecule has 1 rings (SSSR count). The second kappa shape index (κ2) is 9.50. The fourth-order valence-electron chi connectivity index (χ4n) is 1.87. The van der Waals surface area contributed by atoms with Gasteiger partial charge in [0.05, 0.1) is 18.2 Å². The average molecular weight is 331 g/mol. The number of nitrogens with two attached hydrogens (primary N) is 1. The molecule has 0 bridgehead atoms. The van der Waals surface area contributed by atoms with E-state index in [0.717, 1.165) is 12.0 Å². The second-order valence-electron chi connectivity index (χ2n) is 4.76. The van der Waals surface area contributed by atoms with Crippen LogP contribution in [0.2, 0.25) is 5.02 Å². The molecule has 124 valence electrons. The highest BCUT2D eigenvalue weighted by Gasteiger charge is 2.14. The van der Waals surface area contributed by atoms with Crippen molar-refractivity contribution in [2.75, 3.05) is 19.8 Å². The van der Waals surface area contributed by atoms with E-state index in [9.17, 15) is 9.90 Å². The van der Waals surface area contributed by atoms with Crippen LogP contribution in [0, 0.1) is 0 Å². The van der Waals surface area contributed by atoms with Crippen LogP contribution in [-0.2, 0) is 11.3 Å². The number of benzene rings is 1. The number of aliphatic hydroxyl groups excluding tert-OH is 1. The predicted octanol–water partition coefficient (Wildman–Crippen LogP) is 1.46. The molecule has 1 aromatic carbocycles. The summed E-state index contributed by atoms with van der Waals surface area (Å²) in [4.78, 5) is 10.8. The number of carbonyl (C=O) groups is 1. The quantitative estimate of drug-likeness (QED) is 0.604. The predicted molar refractivity (Wildman–Crippen MR) is 85.3 cm³/mol. The first-order valence-electron chi connectivity index (χ1n) is 7.22. The summed E-state index contributed by atoms with van der Waals surface area (Å²) < 4.78 is 10.8. The van der Waals surface area contributed by atoms with E-state index in [1.807, 2.05) is 13.8 Å². The van der Waals surface area contributed by atoms with Gasteiger partial charge >= 0.3 is 0 Å². The monoisotopic (exact) mass is 330 g/mol. The summed E-state index contributed by atoms with van der Waals surface area (Å²) in [5, 5.41) is 12.8. The van der Waals surface area contributed by atoms with Gasteiger partial charge in [-0.3, -0.25) is 4.79 Å². The van der Waals surface area contributed by atoms with Gasteiger partial charge in [-0.05, 0) is 31.0 Å². The minimum Gasteiger partial charge on any atom is -0.490 e. The first kappa shape index (κ1) is 18.5. The highest BCUT2D eigenvalue weighted by atomic mass is 35.5. The summed E-state index contributed by atoms with van der Waals surface area (Å²) in [6, 6.07) is 3.56. The van der Waals surface area contributed by atoms with E-state index in [4.69, 9.17) is 26.8 Å². The van der Waals surface area contributed by atoms with E-state index < -0.39 is 5.91 Å². The van der Waals surface area contributed by atoms with Gasteiger partial charge in [0, 0.05) is 12.6 Å². The Kier molecular flexibility index (Phi) is 8.01. The number of hydrogen-bond acceptors (Lipinski definition) is 5. The smallest absolute Gasteiger partial charge is 0.255 e. The van der Waals surface area contributed by atoms with Gasteiger partial charge in [0.1, 0.15) is 0 Å². The van der Waals surface area contributed by atoms with Gasteiger partial charge in [0.2, 0.25) is 0 Å². The SMILES string of the molecule is CCOc1cc(CN[C@H](CC)CO)cc(Cl)c1OCC(N)=O. The van der Waals surface area contributed by atoms with Crippen molar-refractivity contribution in [1.82, 2.24) is 5.32 Å². The van der Waals surface area contributed by atoms with Crippen LogP contribution in [0.4, 0.5) is 0 Å². The van der Waals surface area contributed by atoms with Crippen molar-refractivity contribution >= 4 is 17.5 Å². The maximum absolute atomic E-state index is 10.8. The summed E-state index contributed by atoms with van der Waals surface area (Å²) in [5.74, 6) is 0.184. The van der Waals surface area contributed by atoms with Crippen LogP contribution in [0.25, 0.3) is 0 Å². The summed E-state index contributed by atoms with van der Waals surface area (Å²) >= 11 is 6.20. The average Bonchev–Trinajstić information content (AvgIpc) is 2.47. The van der Waals surface area contributed by atoms with E-state index in [2.05, 4.69) is 5.32 Å². The molecular weight excluding hydrogens is 308 g/mol. The van der Waals surface area contributed by atoms with E-state index in [-0.39, 0.29) is 19.3 Å². The number of nitrogens with one attached hydrogen (secondary N) is 1. The molecule has 1 aromatic rings. The Morgan fingerprint density at radius 2 is 2.14 bits per heavy atom. The number of carbonyl (C=O) groups excluding carboxylic acids is 1. The summed E-state index contributed by atoms with van der Waals surface area (Å²) in [5.41, 5.74) is 5.97. The topological polar surface area (TPSA) is 93.8 Å². The number of amides is 1. The van der Waals surface area contributed by atoms with Crippen molar-refractivity contribution in [1.29, 1.82) is 0 Å². The minimum atomic E-state index is -0.585. The number of rotatable bonds is 10. The van der Waals surface area contributed by atoms with Crippen molar-refractivity contribution in [2.45, 2.75) is 32.9 Å². The van der Waals surface area contributed by atoms with Crippen LogP contribution in [0.5, 0.6) is 11.5 Å². The maximum Gasteiger partial charge on any atom is 0.255 e. The molecule has 0 aliphatic heterocycles. The number of hydrogen-bond donors (Lipinski definition) is 3. The molecule has 0 spiro atoms. The third-order valence-electron chi connectivity index (χ3n) is 3.04. The first-order chi connectivity index (χ1) is 10.5. The number of ether oxygens (including phenoxy) is 2. The van der Waals surface area contributed by atoms with Crippen LogP contribution in [0.1, 0.15) is 25.8 Å². The molecule has 0 saturated carbocycles. The lowest BCUT2D eigenvalue weighted by Gasteiger charge is -2.17. The van der Waals surface area contributed by atoms with Gasteiger partial charge < -0.3 is 25.6 Å². The van der Waals surface area contributed by atoms with Gasteiger partial charge in [0.25, 0.3) is 5.91 Å². The molecular formula is C15H23ClN2O4. The summed E-state index contributed by atoms with van der Waals surface area (Å²) in [6.07, 6.45) is 0.822. The van der Waals surface area contributed by atoms with Gasteiger partial charge in [-0.15, -0.1) is 0 Å². The molecule has 0 unspecified atom stereocenters. The van der Waals surface area contributed by atoms with Gasteiger partial charge in [-0.1, -0.05) is 18.5 Å². The lowest BCUT2D eigenvalue weighted by Crippen LogP contribution is -2.31. The van der Waals surface area contributed by atoms with Crippen LogP contribution in [-0.4, -0.2) is 36.9 Å². The molecule has 0 aliphatic carbocycles. The summed E-state index contributed by atoms with van der Waals surface area (Å²) in [7, 11) is 0. The Bertz CT molecular complexity index is 493. The molecule has 1 atom stereocenters. The van der Waals surface area contributed by atoms with E-state index in [1.165, 1.54) is 0 Å². The van der Waals surface area contributed by atoms with Crippen molar-refractivity contribution < 1.29 is 19.4 Å². The third kappa shape index (κ3) is 5.71. The highest BCUT2D eigenvalue weighted by Crippen LogP contribution is 2.36. The van der Waals surface area contributed by atoms with Gasteiger partial charge in [0.15, 0.2) is 18.1 Å². The molecule has 4 N–H and O–H groups in total. The van der Waals surface area contributed by atoms with Crippen LogP contribution >= 0.6 is 11.6 Å². The minimum absolute atomic E-state index is 0.0279. The lowest BCUT2D eigenvalue weighted by atomic mass is 10.1. The molecule has 0 fully saturated rings. The zero-order chi connectivity index (χ0) is 16.5.